The molecule has 0 atom stereocenters. The average Bonchev–Trinajstić information content (AvgIpc) is 2.26. The van der Waals surface area contributed by atoms with Gasteiger partial charge in [0.15, 0.2) is 0 Å². The summed E-state index contributed by atoms with van der Waals surface area (Å²) < 4.78 is 5.80. The number of anilines is 1. The fourth-order valence-corrected chi connectivity index (χ4v) is 2.22. The molecule has 94 valence electrons. The van der Waals surface area contributed by atoms with Crippen molar-refractivity contribution in [2.45, 2.75) is 45.6 Å². The van der Waals surface area contributed by atoms with Crippen LogP contribution in [0, 0.1) is 5.41 Å². The highest BCUT2D eigenvalue weighted by Gasteiger charge is 2.28. The molecule has 1 aliphatic rings. The van der Waals surface area contributed by atoms with Gasteiger partial charge in [0.1, 0.15) is 11.8 Å². The van der Waals surface area contributed by atoms with E-state index in [0.717, 1.165) is 25.7 Å². The molecule has 0 aromatic carbocycles. The van der Waals surface area contributed by atoms with Gasteiger partial charge in [-0.05, 0) is 42.7 Å². The summed E-state index contributed by atoms with van der Waals surface area (Å²) in [5.74, 6) is 0.412. The molecule has 0 spiro atoms. The van der Waals surface area contributed by atoms with Gasteiger partial charge in [0.2, 0.25) is 11.2 Å². The molecule has 1 aromatic rings. The molecule has 0 unspecified atom stereocenters. The fraction of sp³-hybridized carbons (Fsp3) is 0.667. The number of nitrogens with two attached hydrogens (primary N) is 1. The Labute approximate surface area is 107 Å². The van der Waals surface area contributed by atoms with E-state index in [-0.39, 0.29) is 11.4 Å². The first-order valence-corrected chi connectivity index (χ1v) is 6.29. The van der Waals surface area contributed by atoms with E-state index in [2.05, 4.69) is 23.8 Å². The molecule has 1 heterocycles. The molecule has 17 heavy (non-hydrogen) atoms. The average molecular weight is 256 g/mol. The number of hydrogen-bond acceptors (Lipinski definition) is 4. The minimum atomic E-state index is 0.172. The van der Waals surface area contributed by atoms with Crippen LogP contribution in [0.4, 0.5) is 5.69 Å². The van der Waals surface area contributed by atoms with Crippen molar-refractivity contribution in [1.82, 2.24) is 9.97 Å². The Morgan fingerprint density at radius 3 is 2.71 bits per heavy atom. The van der Waals surface area contributed by atoms with E-state index in [4.69, 9.17) is 22.1 Å². The van der Waals surface area contributed by atoms with E-state index in [1.807, 2.05) is 0 Å². The molecular formula is C12H18ClN3O. The second-order valence-electron chi connectivity index (χ2n) is 5.38. The zero-order valence-electron chi connectivity index (χ0n) is 10.2. The van der Waals surface area contributed by atoms with Gasteiger partial charge < -0.3 is 10.5 Å². The van der Waals surface area contributed by atoms with Crippen molar-refractivity contribution in [2.24, 2.45) is 5.41 Å². The number of aromatic nitrogens is 2. The third-order valence-corrected chi connectivity index (χ3v) is 3.50. The van der Waals surface area contributed by atoms with E-state index in [9.17, 15) is 0 Å². The Kier molecular flexibility index (Phi) is 3.43. The predicted molar refractivity (Wildman–Crippen MR) is 68.1 cm³/mol. The molecule has 0 saturated heterocycles. The van der Waals surface area contributed by atoms with Crippen LogP contribution < -0.4 is 10.5 Å². The van der Waals surface area contributed by atoms with Crippen LogP contribution in [0.1, 0.15) is 39.5 Å². The maximum Gasteiger partial charge on any atom is 0.241 e. The van der Waals surface area contributed by atoms with Crippen LogP contribution in [0.3, 0.4) is 0 Å². The van der Waals surface area contributed by atoms with Crippen molar-refractivity contribution in [1.29, 1.82) is 0 Å². The van der Waals surface area contributed by atoms with Gasteiger partial charge in [-0.25, -0.2) is 4.98 Å². The topological polar surface area (TPSA) is 61.0 Å². The van der Waals surface area contributed by atoms with Crippen LogP contribution in [-0.4, -0.2) is 16.1 Å². The van der Waals surface area contributed by atoms with Crippen molar-refractivity contribution >= 4 is 17.3 Å². The Hall–Kier alpha value is -1.03. The lowest BCUT2D eigenvalue weighted by Gasteiger charge is -2.34. The van der Waals surface area contributed by atoms with Crippen molar-refractivity contribution in [3.05, 3.63) is 11.5 Å². The molecule has 0 radical (unpaired) electrons. The number of ether oxygens (including phenoxy) is 1. The highest BCUT2D eigenvalue weighted by Crippen LogP contribution is 2.36. The van der Waals surface area contributed by atoms with Crippen LogP contribution in [0.25, 0.3) is 0 Å². The molecular weight excluding hydrogens is 238 g/mol. The Balaban J connectivity index is 2.00. The molecule has 1 saturated carbocycles. The largest absolute Gasteiger partial charge is 0.473 e. The number of halogens is 1. The summed E-state index contributed by atoms with van der Waals surface area (Å²) >= 11 is 5.72. The monoisotopic (exact) mass is 255 g/mol. The molecule has 2 N–H and O–H groups in total. The number of nitrogen functional groups attached to an aromatic ring is 1. The standard InChI is InChI=1S/C12H18ClN3O/c1-12(2)5-3-8(4-6-12)17-10-9(14)7-15-11(13)16-10/h7-8H,3-6,14H2,1-2H3. The van der Waals surface area contributed by atoms with Crippen LogP contribution in [0.2, 0.25) is 5.28 Å². The highest BCUT2D eigenvalue weighted by atomic mass is 35.5. The molecule has 1 aliphatic carbocycles. The van der Waals surface area contributed by atoms with Gasteiger partial charge >= 0.3 is 0 Å². The molecule has 1 aromatic heterocycles. The summed E-state index contributed by atoms with van der Waals surface area (Å²) in [6.45, 7) is 4.58. The van der Waals surface area contributed by atoms with Gasteiger partial charge in [-0.2, -0.15) is 4.98 Å². The fourth-order valence-electron chi connectivity index (χ4n) is 2.10. The van der Waals surface area contributed by atoms with Gasteiger partial charge in [-0.1, -0.05) is 13.8 Å². The summed E-state index contributed by atoms with van der Waals surface area (Å²) in [4.78, 5) is 7.82. The van der Waals surface area contributed by atoms with E-state index in [1.54, 1.807) is 0 Å². The van der Waals surface area contributed by atoms with Gasteiger partial charge in [0.05, 0.1) is 6.20 Å². The summed E-state index contributed by atoms with van der Waals surface area (Å²) in [6, 6.07) is 0. The quantitative estimate of drug-likeness (QED) is 0.825. The van der Waals surface area contributed by atoms with Crippen LogP contribution >= 0.6 is 11.6 Å². The van der Waals surface area contributed by atoms with Crippen LogP contribution in [0.15, 0.2) is 6.20 Å². The lowest BCUT2D eigenvalue weighted by molar-refractivity contribution is 0.0955. The Morgan fingerprint density at radius 1 is 1.41 bits per heavy atom. The van der Waals surface area contributed by atoms with E-state index >= 15 is 0 Å². The molecule has 0 aliphatic heterocycles. The maximum atomic E-state index is 5.80. The maximum absolute atomic E-state index is 5.80. The molecule has 0 bridgehead atoms. The lowest BCUT2D eigenvalue weighted by atomic mass is 9.76. The smallest absolute Gasteiger partial charge is 0.241 e. The SMILES string of the molecule is CC1(C)CCC(Oc2nc(Cl)ncc2N)CC1. The third-order valence-electron chi connectivity index (χ3n) is 3.32. The second kappa shape index (κ2) is 4.69. The van der Waals surface area contributed by atoms with Crippen molar-refractivity contribution in [3.63, 3.8) is 0 Å². The first-order valence-electron chi connectivity index (χ1n) is 5.91. The summed E-state index contributed by atoms with van der Waals surface area (Å²) in [5, 5.41) is 0.172. The molecule has 2 rings (SSSR count). The molecule has 4 nitrogen and oxygen atoms in total. The minimum absolute atomic E-state index is 0.172. The number of nitrogens with zero attached hydrogens (tertiary/aromatic N) is 2. The third kappa shape index (κ3) is 3.22. The zero-order chi connectivity index (χ0) is 12.5. The molecule has 1 fully saturated rings. The van der Waals surface area contributed by atoms with E-state index in [1.165, 1.54) is 6.20 Å². The van der Waals surface area contributed by atoms with Crippen molar-refractivity contribution in [3.8, 4) is 5.88 Å². The van der Waals surface area contributed by atoms with E-state index < -0.39 is 0 Å². The highest BCUT2D eigenvalue weighted by molar-refractivity contribution is 6.28. The lowest BCUT2D eigenvalue weighted by Crippen LogP contribution is -2.28. The Morgan fingerprint density at radius 2 is 2.06 bits per heavy atom. The molecule has 5 heteroatoms. The van der Waals surface area contributed by atoms with Gasteiger partial charge in [-0.3, -0.25) is 0 Å². The van der Waals surface area contributed by atoms with Gasteiger partial charge in [0, 0.05) is 0 Å². The predicted octanol–water partition coefficient (Wildman–Crippen LogP) is 3.06. The van der Waals surface area contributed by atoms with E-state index in [0.29, 0.717) is 17.0 Å². The summed E-state index contributed by atoms with van der Waals surface area (Å²) in [5.41, 5.74) is 6.62. The normalized spacial score (nSPS) is 20.2. The van der Waals surface area contributed by atoms with Crippen molar-refractivity contribution in [2.75, 3.05) is 5.73 Å². The first-order chi connectivity index (χ1) is 7.96. The van der Waals surface area contributed by atoms with Gasteiger partial charge in [0.25, 0.3) is 0 Å². The molecule has 0 amide bonds. The minimum Gasteiger partial charge on any atom is -0.473 e. The van der Waals surface area contributed by atoms with Crippen LogP contribution in [0.5, 0.6) is 5.88 Å². The summed E-state index contributed by atoms with van der Waals surface area (Å²) in [6.07, 6.45) is 6.07. The van der Waals surface area contributed by atoms with Gasteiger partial charge in [-0.15, -0.1) is 0 Å². The first kappa shape index (κ1) is 12.4. The van der Waals surface area contributed by atoms with Crippen LogP contribution in [-0.2, 0) is 0 Å². The number of rotatable bonds is 2. The zero-order valence-corrected chi connectivity index (χ0v) is 11.0. The Bertz CT molecular complexity index is 399. The van der Waals surface area contributed by atoms with Crippen molar-refractivity contribution < 1.29 is 4.74 Å². The number of hydrogen-bond donors (Lipinski definition) is 1. The second-order valence-corrected chi connectivity index (χ2v) is 5.72. The summed E-state index contributed by atoms with van der Waals surface area (Å²) in [7, 11) is 0.